The van der Waals surface area contributed by atoms with Gasteiger partial charge < -0.3 is 14.4 Å². The highest BCUT2D eigenvalue weighted by molar-refractivity contribution is 5.76. The molecule has 1 aliphatic rings. The van der Waals surface area contributed by atoms with Crippen molar-refractivity contribution in [3.8, 4) is 0 Å². The van der Waals surface area contributed by atoms with Crippen molar-refractivity contribution in [1.29, 1.82) is 0 Å². The van der Waals surface area contributed by atoms with E-state index < -0.39 is 18.9 Å². The van der Waals surface area contributed by atoms with Crippen LogP contribution in [0.3, 0.4) is 0 Å². The minimum atomic E-state index is -4.38. The van der Waals surface area contributed by atoms with Crippen molar-refractivity contribution in [3.63, 3.8) is 0 Å². The molecule has 0 radical (unpaired) electrons. The second-order valence-corrected chi connectivity index (χ2v) is 4.90. The molecule has 0 saturated carbocycles. The van der Waals surface area contributed by atoms with E-state index in [4.69, 9.17) is 4.74 Å². The summed E-state index contributed by atoms with van der Waals surface area (Å²) in [4.78, 5) is 17.6. The van der Waals surface area contributed by atoms with E-state index in [0.717, 1.165) is 0 Å². The van der Waals surface area contributed by atoms with Gasteiger partial charge in [0, 0.05) is 6.54 Å². The van der Waals surface area contributed by atoms with Gasteiger partial charge in [0.2, 0.25) is 5.91 Å². The van der Waals surface area contributed by atoms with Crippen molar-refractivity contribution >= 4 is 5.91 Å². The topological polar surface area (TPSA) is 80.3 Å². The predicted octanol–water partition coefficient (Wildman–Crippen LogP) is 0.982. The molecule has 0 aromatic carbocycles. The summed E-state index contributed by atoms with van der Waals surface area (Å²) in [5.74, 6) is 0.827. The largest absolute Gasteiger partial charge is 0.411 e. The lowest BCUT2D eigenvalue weighted by Crippen LogP contribution is -2.42. The first-order valence-electron chi connectivity index (χ1n) is 6.78. The molecule has 0 aliphatic carbocycles. The van der Waals surface area contributed by atoms with E-state index in [1.807, 2.05) is 0 Å². The molecule has 1 aromatic heterocycles. The van der Waals surface area contributed by atoms with Crippen molar-refractivity contribution < 1.29 is 27.4 Å². The van der Waals surface area contributed by atoms with E-state index in [0.29, 0.717) is 24.8 Å². The third kappa shape index (κ3) is 4.95. The Morgan fingerprint density at radius 1 is 1.55 bits per heavy atom. The molecular weight excluding hydrogens is 305 g/mol. The summed E-state index contributed by atoms with van der Waals surface area (Å²) in [6.45, 7) is 1.13. The predicted molar refractivity (Wildman–Crippen MR) is 67.9 cm³/mol. The van der Waals surface area contributed by atoms with Gasteiger partial charge in [-0.15, -0.1) is 0 Å². The molecule has 124 valence electrons. The Kier molecular flexibility index (Phi) is 5.35. The number of amides is 1. The standard InChI is InChI=1S/C12H17F3N4O3/c1-8-16-11(18-17-8)9-6-19(3-5-22-9)10(20)2-4-21-7-12(13,14)15/h9H,2-7H2,1H3,(H,16,17,18)/t9-/m0/s1. The average Bonchev–Trinajstić information content (AvgIpc) is 2.89. The van der Waals surface area contributed by atoms with Gasteiger partial charge in [-0.05, 0) is 6.92 Å². The molecule has 7 nitrogen and oxygen atoms in total. The zero-order valence-corrected chi connectivity index (χ0v) is 12.0. The fourth-order valence-corrected chi connectivity index (χ4v) is 2.04. The molecule has 22 heavy (non-hydrogen) atoms. The van der Waals surface area contributed by atoms with Crippen LogP contribution in [0, 0.1) is 6.92 Å². The average molecular weight is 322 g/mol. The zero-order chi connectivity index (χ0) is 16.2. The summed E-state index contributed by atoms with van der Waals surface area (Å²) >= 11 is 0. The van der Waals surface area contributed by atoms with E-state index in [9.17, 15) is 18.0 Å². The second kappa shape index (κ2) is 7.05. The molecule has 1 N–H and O–H groups in total. The molecule has 10 heteroatoms. The van der Waals surface area contributed by atoms with E-state index in [-0.39, 0.29) is 25.5 Å². The number of aromatic nitrogens is 3. The summed E-state index contributed by atoms with van der Waals surface area (Å²) in [5, 5.41) is 6.68. The van der Waals surface area contributed by atoms with Gasteiger partial charge in [-0.1, -0.05) is 0 Å². The number of ether oxygens (including phenoxy) is 2. The van der Waals surface area contributed by atoms with Crippen molar-refractivity contribution in [1.82, 2.24) is 20.1 Å². The zero-order valence-electron chi connectivity index (χ0n) is 12.0. The Balaban J connectivity index is 1.78. The number of hydrogen-bond donors (Lipinski definition) is 1. The smallest absolute Gasteiger partial charge is 0.372 e. The number of rotatable bonds is 5. The maximum Gasteiger partial charge on any atom is 0.411 e. The van der Waals surface area contributed by atoms with Gasteiger partial charge in [-0.3, -0.25) is 9.89 Å². The number of carbonyl (C=O) groups excluding carboxylic acids is 1. The van der Waals surface area contributed by atoms with Crippen molar-refractivity contribution in [2.75, 3.05) is 32.9 Å². The molecule has 1 aromatic rings. The lowest BCUT2D eigenvalue weighted by atomic mass is 10.2. The molecular formula is C12H17F3N4O3. The number of hydrogen-bond acceptors (Lipinski definition) is 5. The van der Waals surface area contributed by atoms with Crippen LogP contribution in [0.25, 0.3) is 0 Å². The molecule has 0 spiro atoms. The molecule has 2 heterocycles. The summed E-state index contributed by atoms with van der Waals surface area (Å²) < 4.78 is 45.7. The molecule has 0 unspecified atom stereocenters. The third-order valence-electron chi connectivity index (χ3n) is 3.05. The number of aryl methyl sites for hydroxylation is 1. The second-order valence-electron chi connectivity index (χ2n) is 4.90. The fourth-order valence-electron chi connectivity index (χ4n) is 2.04. The van der Waals surface area contributed by atoms with Crippen LogP contribution in [0.5, 0.6) is 0 Å². The van der Waals surface area contributed by atoms with Crippen LogP contribution in [0.4, 0.5) is 13.2 Å². The van der Waals surface area contributed by atoms with Crippen molar-refractivity contribution in [2.24, 2.45) is 0 Å². The number of H-pyrrole nitrogens is 1. The SMILES string of the molecule is Cc1nc([C@@H]2CN(C(=O)CCOCC(F)(F)F)CCO2)n[nH]1. The highest BCUT2D eigenvalue weighted by Crippen LogP contribution is 2.19. The molecule has 1 saturated heterocycles. The van der Waals surface area contributed by atoms with E-state index in [2.05, 4.69) is 19.9 Å². The first-order valence-corrected chi connectivity index (χ1v) is 6.78. The monoisotopic (exact) mass is 322 g/mol. The van der Waals surface area contributed by atoms with E-state index >= 15 is 0 Å². The molecule has 1 amide bonds. The molecule has 1 atom stereocenters. The maximum atomic E-state index is 12.0. The summed E-state index contributed by atoms with van der Waals surface area (Å²) in [6.07, 6.45) is -4.91. The molecule has 2 rings (SSSR count). The number of alkyl halides is 3. The summed E-state index contributed by atoms with van der Waals surface area (Å²) in [7, 11) is 0. The fraction of sp³-hybridized carbons (Fsp3) is 0.750. The van der Waals surface area contributed by atoms with Crippen LogP contribution in [-0.2, 0) is 14.3 Å². The van der Waals surface area contributed by atoms with Gasteiger partial charge in [0.05, 0.1) is 26.2 Å². The first-order chi connectivity index (χ1) is 10.3. The lowest BCUT2D eigenvalue weighted by Gasteiger charge is -2.31. The van der Waals surface area contributed by atoms with Crippen LogP contribution in [0.1, 0.15) is 24.2 Å². The number of carbonyl (C=O) groups is 1. The van der Waals surface area contributed by atoms with Gasteiger partial charge in [0.1, 0.15) is 18.5 Å². The quantitative estimate of drug-likeness (QED) is 0.818. The summed E-state index contributed by atoms with van der Waals surface area (Å²) in [6, 6.07) is 0. The Morgan fingerprint density at radius 2 is 2.32 bits per heavy atom. The number of nitrogens with one attached hydrogen (secondary N) is 1. The minimum Gasteiger partial charge on any atom is -0.372 e. The van der Waals surface area contributed by atoms with Crippen LogP contribution in [0.2, 0.25) is 0 Å². The van der Waals surface area contributed by atoms with Crippen molar-refractivity contribution in [2.45, 2.75) is 25.6 Å². The Labute approximate surface area is 124 Å². The van der Waals surface area contributed by atoms with Gasteiger partial charge in [-0.2, -0.15) is 18.3 Å². The third-order valence-corrected chi connectivity index (χ3v) is 3.05. The highest BCUT2D eigenvalue weighted by Gasteiger charge is 2.29. The van der Waals surface area contributed by atoms with Crippen LogP contribution in [0.15, 0.2) is 0 Å². The Morgan fingerprint density at radius 3 is 2.95 bits per heavy atom. The van der Waals surface area contributed by atoms with Gasteiger partial charge >= 0.3 is 6.18 Å². The molecule has 1 fully saturated rings. The van der Waals surface area contributed by atoms with E-state index in [1.54, 1.807) is 6.92 Å². The Bertz CT molecular complexity index is 506. The number of morpholine rings is 1. The first kappa shape index (κ1) is 16.7. The molecule has 1 aliphatic heterocycles. The normalized spacial score (nSPS) is 19.5. The highest BCUT2D eigenvalue weighted by atomic mass is 19.4. The number of aromatic amines is 1. The van der Waals surface area contributed by atoms with E-state index in [1.165, 1.54) is 4.90 Å². The van der Waals surface area contributed by atoms with Crippen LogP contribution < -0.4 is 0 Å². The van der Waals surface area contributed by atoms with Crippen LogP contribution in [-0.4, -0.2) is 65.1 Å². The minimum absolute atomic E-state index is 0.101. The van der Waals surface area contributed by atoms with Gasteiger partial charge in [-0.25, -0.2) is 4.98 Å². The van der Waals surface area contributed by atoms with Gasteiger partial charge in [0.25, 0.3) is 0 Å². The number of nitrogens with zero attached hydrogens (tertiary/aromatic N) is 3. The molecule has 0 bridgehead atoms. The van der Waals surface area contributed by atoms with Crippen molar-refractivity contribution in [3.05, 3.63) is 11.6 Å². The maximum absolute atomic E-state index is 12.0. The summed E-state index contributed by atoms with van der Waals surface area (Å²) in [5.41, 5.74) is 0. The Hall–Kier alpha value is -1.68. The number of halogens is 3. The van der Waals surface area contributed by atoms with Gasteiger partial charge in [0.15, 0.2) is 5.82 Å². The van der Waals surface area contributed by atoms with Crippen LogP contribution >= 0.6 is 0 Å². The lowest BCUT2D eigenvalue weighted by molar-refractivity contribution is -0.175.